The summed E-state index contributed by atoms with van der Waals surface area (Å²) >= 11 is 0. The number of aromatic nitrogens is 2. The molecule has 0 saturated carbocycles. The van der Waals surface area contributed by atoms with Crippen LogP contribution in [0, 0.1) is 12.8 Å². The standard InChI is InChI=1S/C24H26N4O2/c1-17-8-9-22(30-2)21(14-17)27-24(29)19-10-12-28(13-11-19)23-15-20(25-16-26-23)18-6-4-3-5-7-18/h3-9,14-16,19H,10-13H2,1-2H3,(H,27,29). The Morgan fingerprint density at radius 2 is 1.83 bits per heavy atom. The SMILES string of the molecule is COc1ccc(C)cc1NC(=O)C1CCN(c2cc(-c3ccccc3)ncn2)CC1. The summed E-state index contributed by atoms with van der Waals surface area (Å²) in [6.45, 7) is 3.57. The third kappa shape index (κ3) is 4.43. The molecule has 0 aliphatic carbocycles. The smallest absolute Gasteiger partial charge is 0.227 e. The summed E-state index contributed by atoms with van der Waals surface area (Å²) in [6.07, 6.45) is 3.18. The first-order valence-electron chi connectivity index (χ1n) is 10.2. The molecule has 2 heterocycles. The van der Waals surface area contributed by atoms with Crippen molar-refractivity contribution in [1.29, 1.82) is 0 Å². The first-order chi connectivity index (χ1) is 14.6. The zero-order chi connectivity index (χ0) is 20.9. The van der Waals surface area contributed by atoms with Crippen molar-refractivity contribution in [1.82, 2.24) is 9.97 Å². The summed E-state index contributed by atoms with van der Waals surface area (Å²) in [6, 6.07) is 17.9. The van der Waals surface area contributed by atoms with Crippen molar-refractivity contribution >= 4 is 17.4 Å². The molecule has 1 amide bonds. The number of hydrogen-bond acceptors (Lipinski definition) is 5. The van der Waals surface area contributed by atoms with Crippen LogP contribution in [0.25, 0.3) is 11.3 Å². The Labute approximate surface area is 176 Å². The molecule has 6 nitrogen and oxygen atoms in total. The molecule has 0 bridgehead atoms. The van der Waals surface area contributed by atoms with Crippen molar-refractivity contribution in [2.45, 2.75) is 19.8 Å². The number of nitrogens with one attached hydrogen (secondary N) is 1. The highest BCUT2D eigenvalue weighted by atomic mass is 16.5. The third-order valence-corrected chi connectivity index (χ3v) is 5.52. The van der Waals surface area contributed by atoms with Crippen molar-refractivity contribution < 1.29 is 9.53 Å². The summed E-state index contributed by atoms with van der Waals surface area (Å²) in [5.41, 5.74) is 3.79. The Morgan fingerprint density at radius 1 is 1.07 bits per heavy atom. The van der Waals surface area contributed by atoms with E-state index in [4.69, 9.17) is 4.74 Å². The summed E-state index contributed by atoms with van der Waals surface area (Å²) in [5.74, 6) is 1.61. The van der Waals surface area contributed by atoms with Crippen LogP contribution in [-0.4, -0.2) is 36.1 Å². The largest absolute Gasteiger partial charge is 0.495 e. The molecule has 154 valence electrons. The van der Waals surface area contributed by atoms with Crippen LogP contribution in [0.3, 0.4) is 0 Å². The summed E-state index contributed by atoms with van der Waals surface area (Å²) < 4.78 is 5.37. The molecular weight excluding hydrogens is 376 g/mol. The highest BCUT2D eigenvalue weighted by molar-refractivity contribution is 5.94. The second-order valence-corrected chi connectivity index (χ2v) is 7.58. The maximum absolute atomic E-state index is 12.8. The van der Waals surface area contributed by atoms with E-state index in [-0.39, 0.29) is 11.8 Å². The fourth-order valence-corrected chi connectivity index (χ4v) is 3.81. The summed E-state index contributed by atoms with van der Waals surface area (Å²) in [4.78, 5) is 23.9. The number of methoxy groups -OCH3 is 1. The molecule has 0 atom stereocenters. The molecule has 0 unspecified atom stereocenters. The van der Waals surface area contributed by atoms with E-state index in [9.17, 15) is 4.79 Å². The van der Waals surface area contributed by atoms with Gasteiger partial charge in [-0.25, -0.2) is 9.97 Å². The van der Waals surface area contributed by atoms with E-state index in [0.717, 1.165) is 54.3 Å². The number of aryl methyl sites for hydroxylation is 1. The van der Waals surface area contributed by atoms with Gasteiger partial charge >= 0.3 is 0 Å². The third-order valence-electron chi connectivity index (χ3n) is 5.52. The highest BCUT2D eigenvalue weighted by Gasteiger charge is 2.26. The predicted octanol–water partition coefficient (Wildman–Crippen LogP) is 4.32. The lowest BCUT2D eigenvalue weighted by Gasteiger charge is -2.32. The molecule has 2 aromatic carbocycles. The number of benzene rings is 2. The molecule has 30 heavy (non-hydrogen) atoms. The average Bonchev–Trinajstić information content (AvgIpc) is 2.80. The molecule has 3 aromatic rings. The van der Waals surface area contributed by atoms with E-state index in [2.05, 4.69) is 20.2 Å². The lowest BCUT2D eigenvalue weighted by Crippen LogP contribution is -2.38. The molecule has 1 N–H and O–H groups in total. The highest BCUT2D eigenvalue weighted by Crippen LogP contribution is 2.29. The number of amides is 1. The van der Waals surface area contributed by atoms with E-state index >= 15 is 0 Å². The van der Waals surface area contributed by atoms with Crippen molar-refractivity contribution in [2.24, 2.45) is 5.92 Å². The Hall–Kier alpha value is -3.41. The number of carbonyl (C=O) groups excluding carboxylic acids is 1. The van der Waals surface area contributed by atoms with Crippen molar-refractivity contribution in [3.05, 3.63) is 66.5 Å². The van der Waals surface area contributed by atoms with E-state index in [1.54, 1.807) is 13.4 Å². The molecular formula is C24H26N4O2. The Balaban J connectivity index is 1.40. The number of ether oxygens (including phenoxy) is 1. The van der Waals surface area contributed by atoms with Gasteiger partial charge in [0.05, 0.1) is 18.5 Å². The molecule has 0 spiro atoms. The van der Waals surface area contributed by atoms with Gasteiger partial charge in [-0.05, 0) is 37.5 Å². The predicted molar refractivity (Wildman–Crippen MR) is 119 cm³/mol. The van der Waals surface area contributed by atoms with Crippen LogP contribution < -0.4 is 15.0 Å². The zero-order valence-corrected chi connectivity index (χ0v) is 17.3. The zero-order valence-electron chi connectivity index (χ0n) is 17.3. The van der Waals surface area contributed by atoms with Gasteiger partial charge in [0.25, 0.3) is 0 Å². The van der Waals surface area contributed by atoms with Crippen LogP contribution in [-0.2, 0) is 4.79 Å². The molecule has 1 aliphatic rings. The van der Waals surface area contributed by atoms with E-state index in [0.29, 0.717) is 5.75 Å². The number of carbonyl (C=O) groups is 1. The normalized spacial score (nSPS) is 14.4. The average molecular weight is 402 g/mol. The number of hydrogen-bond donors (Lipinski definition) is 1. The first-order valence-corrected chi connectivity index (χ1v) is 10.2. The number of anilines is 2. The summed E-state index contributed by atoms with van der Waals surface area (Å²) in [5, 5.41) is 3.05. The fourth-order valence-electron chi connectivity index (χ4n) is 3.81. The molecule has 1 aromatic heterocycles. The van der Waals surface area contributed by atoms with Gasteiger partial charge in [-0.15, -0.1) is 0 Å². The van der Waals surface area contributed by atoms with E-state index in [1.807, 2.05) is 61.5 Å². The Bertz CT molecular complexity index is 1010. The van der Waals surface area contributed by atoms with Gasteiger partial charge in [0.15, 0.2) is 0 Å². The van der Waals surface area contributed by atoms with E-state index < -0.39 is 0 Å². The molecule has 6 heteroatoms. The molecule has 0 radical (unpaired) electrons. The quantitative estimate of drug-likeness (QED) is 0.689. The maximum Gasteiger partial charge on any atom is 0.227 e. The van der Waals surface area contributed by atoms with Crippen molar-refractivity contribution in [3.63, 3.8) is 0 Å². The summed E-state index contributed by atoms with van der Waals surface area (Å²) in [7, 11) is 1.62. The lowest BCUT2D eigenvalue weighted by molar-refractivity contribution is -0.120. The van der Waals surface area contributed by atoms with Crippen LogP contribution in [0.2, 0.25) is 0 Å². The maximum atomic E-state index is 12.8. The Morgan fingerprint density at radius 3 is 2.57 bits per heavy atom. The van der Waals surface area contributed by atoms with Gasteiger partial charge in [0.2, 0.25) is 5.91 Å². The van der Waals surface area contributed by atoms with Crippen LogP contribution in [0.1, 0.15) is 18.4 Å². The molecule has 1 aliphatic heterocycles. The minimum Gasteiger partial charge on any atom is -0.495 e. The molecule has 1 saturated heterocycles. The van der Waals surface area contributed by atoms with Crippen molar-refractivity contribution in [3.8, 4) is 17.0 Å². The molecule has 1 fully saturated rings. The fraction of sp³-hybridized carbons (Fsp3) is 0.292. The first kappa shape index (κ1) is 19.9. The van der Waals surface area contributed by atoms with Gasteiger partial charge < -0.3 is 15.0 Å². The van der Waals surface area contributed by atoms with E-state index in [1.165, 1.54) is 0 Å². The van der Waals surface area contributed by atoms with Crippen LogP contribution in [0.15, 0.2) is 60.9 Å². The van der Waals surface area contributed by atoms with Gasteiger partial charge in [-0.2, -0.15) is 0 Å². The minimum atomic E-state index is -0.0260. The van der Waals surface area contributed by atoms with Crippen molar-refractivity contribution in [2.75, 3.05) is 30.4 Å². The van der Waals surface area contributed by atoms with Gasteiger partial charge in [-0.1, -0.05) is 36.4 Å². The van der Waals surface area contributed by atoms with Crippen LogP contribution in [0.5, 0.6) is 5.75 Å². The Kier molecular flexibility index (Phi) is 5.93. The molecule has 4 rings (SSSR count). The number of piperidine rings is 1. The second-order valence-electron chi connectivity index (χ2n) is 7.58. The topological polar surface area (TPSA) is 67.3 Å². The lowest BCUT2D eigenvalue weighted by atomic mass is 9.95. The minimum absolute atomic E-state index is 0.0260. The van der Waals surface area contributed by atoms with Crippen LogP contribution >= 0.6 is 0 Å². The number of rotatable bonds is 5. The van der Waals surface area contributed by atoms with Gasteiger partial charge in [-0.3, -0.25) is 4.79 Å². The van der Waals surface area contributed by atoms with Gasteiger partial charge in [0.1, 0.15) is 17.9 Å². The van der Waals surface area contributed by atoms with Gasteiger partial charge in [0, 0.05) is 30.6 Å². The monoisotopic (exact) mass is 402 g/mol. The second kappa shape index (κ2) is 8.95. The van der Waals surface area contributed by atoms with Crippen LogP contribution in [0.4, 0.5) is 11.5 Å². The number of nitrogens with zero attached hydrogens (tertiary/aromatic N) is 3.